The zero-order chi connectivity index (χ0) is 26.4. The van der Waals surface area contributed by atoms with Crippen molar-refractivity contribution in [2.45, 2.75) is 38.7 Å². The molecule has 3 aromatic rings. The third kappa shape index (κ3) is 12.7. The predicted octanol–water partition coefficient (Wildman–Crippen LogP) is 6.71. The van der Waals surface area contributed by atoms with Crippen molar-refractivity contribution in [2.24, 2.45) is 0 Å². The highest BCUT2D eigenvalue weighted by atomic mass is 19.1. The Balaban J connectivity index is 0.000000558. The predicted molar refractivity (Wildman–Crippen MR) is 137 cm³/mol. The van der Waals surface area contributed by atoms with Crippen LogP contribution in [0.5, 0.6) is 11.5 Å². The van der Waals surface area contributed by atoms with Crippen molar-refractivity contribution in [2.75, 3.05) is 27.7 Å². The van der Waals surface area contributed by atoms with Crippen LogP contribution in [0.15, 0.2) is 72.8 Å². The number of halogens is 3. The van der Waals surface area contributed by atoms with Crippen molar-refractivity contribution in [1.82, 2.24) is 0 Å². The maximum Gasteiger partial charge on any atom is 0.788 e. The summed E-state index contributed by atoms with van der Waals surface area (Å²) in [6.07, 6.45) is 4.07. The Hall–Kier alpha value is -2.97. The van der Waals surface area contributed by atoms with E-state index in [1.54, 1.807) is 0 Å². The fourth-order valence-corrected chi connectivity index (χ4v) is 3.29. The average Bonchev–Trinajstić information content (AvgIpc) is 2.82. The molecule has 0 aliphatic carbocycles. The summed E-state index contributed by atoms with van der Waals surface area (Å²) in [6.45, 7) is 2.94. The van der Waals surface area contributed by atoms with Gasteiger partial charge in [-0.05, 0) is 55.0 Å². The van der Waals surface area contributed by atoms with Crippen LogP contribution in [-0.4, -0.2) is 45.6 Å². The standard InChI is InChI=1S/C22H31BF2NO3.C6H4F/c1-5-6-7-8-22(17-26(2,3)4)29-23(27-20-13-9-18(24)10-14-20)28-21-15-11-19(25)12-16-21;7-6-4-2-1-3-5-6/h9-16,22H,5-8,17H2,1-4H3;2-5H/q+1;-1. The van der Waals surface area contributed by atoms with Crippen LogP contribution in [0.25, 0.3) is 0 Å². The number of benzene rings is 3. The number of hydrogen-bond donors (Lipinski definition) is 0. The number of likely N-dealkylation sites (N-methyl/N-ethyl adjacent to an activating group) is 1. The summed E-state index contributed by atoms with van der Waals surface area (Å²) in [5, 5.41) is 0. The molecule has 0 aliphatic heterocycles. The van der Waals surface area contributed by atoms with Crippen molar-refractivity contribution in [3.05, 3.63) is 96.3 Å². The van der Waals surface area contributed by atoms with Crippen molar-refractivity contribution in [1.29, 1.82) is 0 Å². The largest absolute Gasteiger partial charge is 0.788 e. The van der Waals surface area contributed by atoms with Crippen LogP contribution in [0.4, 0.5) is 13.2 Å². The molecule has 0 spiro atoms. The lowest BCUT2D eigenvalue weighted by molar-refractivity contribution is -0.873. The zero-order valence-electron chi connectivity index (χ0n) is 21.4. The van der Waals surface area contributed by atoms with Crippen LogP contribution in [0.2, 0.25) is 0 Å². The van der Waals surface area contributed by atoms with Gasteiger partial charge < -0.3 is 18.4 Å². The molecule has 1 unspecified atom stereocenters. The highest BCUT2D eigenvalue weighted by molar-refractivity contribution is 6.38. The second-order valence-corrected chi connectivity index (χ2v) is 9.38. The molecular formula is C28H35BF3NO3. The van der Waals surface area contributed by atoms with Crippen molar-refractivity contribution >= 4 is 7.32 Å². The molecule has 0 bridgehead atoms. The number of rotatable bonds is 12. The molecule has 4 nitrogen and oxygen atoms in total. The van der Waals surface area contributed by atoms with Gasteiger partial charge in [0.2, 0.25) is 0 Å². The summed E-state index contributed by atoms with van der Waals surface area (Å²) in [6, 6.07) is 19.8. The van der Waals surface area contributed by atoms with Crippen LogP contribution in [0.3, 0.4) is 0 Å². The minimum Gasteiger partial charge on any atom is -0.501 e. The Morgan fingerprint density at radius 1 is 0.750 bits per heavy atom. The van der Waals surface area contributed by atoms with Gasteiger partial charge in [-0.15, -0.1) is 12.1 Å². The normalized spacial score (nSPS) is 11.8. The van der Waals surface area contributed by atoms with Crippen LogP contribution in [0.1, 0.15) is 32.6 Å². The maximum atomic E-state index is 13.2. The Morgan fingerprint density at radius 3 is 1.61 bits per heavy atom. The van der Waals surface area contributed by atoms with Gasteiger partial charge in [0, 0.05) is 5.82 Å². The first-order valence-electron chi connectivity index (χ1n) is 12.1. The molecule has 0 saturated heterocycles. The molecule has 0 heterocycles. The van der Waals surface area contributed by atoms with E-state index in [1.165, 1.54) is 72.8 Å². The van der Waals surface area contributed by atoms with Gasteiger partial charge in [0.15, 0.2) is 0 Å². The highest BCUT2D eigenvalue weighted by Gasteiger charge is 2.33. The minimum absolute atomic E-state index is 0.0903. The number of unbranched alkanes of at least 4 members (excludes halogenated alkanes) is 2. The van der Waals surface area contributed by atoms with E-state index in [-0.39, 0.29) is 23.6 Å². The molecule has 0 aromatic heterocycles. The van der Waals surface area contributed by atoms with E-state index in [4.69, 9.17) is 14.0 Å². The lowest BCUT2D eigenvalue weighted by atomic mass is 10.1. The van der Waals surface area contributed by atoms with E-state index in [0.29, 0.717) is 11.5 Å². The second kappa shape index (κ2) is 15.2. The lowest BCUT2D eigenvalue weighted by Gasteiger charge is -2.30. The summed E-state index contributed by atoms with van der Waals surface area (Å²) in [7, 11) is 5.27. The SMILES string of the molecule is CCCCCC(C[N+](C)(C)C)OB(Oc1ccc(F)cc1)Oc1ccc(F)cc1.Fc1cc[c-]cc1. The highest BCUT2D eigenvalue weighted by Crippen LogP contribution is 2.19. The van der Waals surface area contributed by atoms with Gasteiger partial charge in [-0.25, -0.2) is 13.2 Å². The molecule has 36 heavy (non-hydrogen) atoms. The maximum absolute atomic E-state index is 13.2. The van der Waals surface area contributed by atoms with E-state index in [1.807, 2.05) is 0 Å². The van der Waals surface area contributed by atoms with E-state index < -0.39 is 7.32 Å². The third-order valence-electron chi connectivity index (χ3n) is 4.95. The lowest BCUT2D eigenvalue weighted by Crippen LogP contribution is -2.46. The molecule has 194 valence electrons. The van der Waals surface area contributed by atoms with E-state index in [2.05, 4.69) is 34.1 Å². The fraction of sp³-hybridized carbons (Fsp3) is 0.357. The number of quaternary nitrogens is 1. The number of nitrogens with zero attached hydrogens (tertiary/aromatic N) is 1. The van der Waals surface area contributed by atoms with Gasteiger partial charge in [0.05, 0.1) is 27.2 Å². The molecule has 0 radical (unpaired) electrons. The summed E-state index contributed by atoms with van der Waals surface area (Å²) >= 11 is 0. The summed E-state index contributed by atoms with van der Waals surface area (Å²) < 4.78 is 56.9. The molecule has 0 saturated carbocycles. The quantitative estimate of drug-likeness (QED) is 0.120. The first-order chi connectivity index (χ1) is 17.1. The Labute approximate surface area is 213 Å². The first kappa shape index (κ1) is 29.3. The minimum atomic E-state index is -1.04. The molecule has 0 fully saturated rings. The molecule has 0 N–H and O–H groups in total. The van der Waals surface area contributed by atoms with Gasteiger partial charge >= 0.3 is 7.32 Å². The topological polar surface area (TPSA) is 27.7 Å². The van der Waals surface area contributed by atoms with Crippen molar-refractivity contribution in [3.63, 3.8) is 0 Å². The van der Waals surface area contributed by atoms with E-state index >= 15 is 0 Å². The van der Waals surface area contributed by atoms with Gasteiger partial charge in [-0.2, -0.15) is 18.2 Å². The first-order valence-corrected chi connectivity index (χ1v) is 12.1. The summed E-state index contributed by atoms with van der Waals surface area (Å²) in [4.78, 5) is 0. The van der Waals surface area contributed by atoms with Crippen molar-refractivity contribution < 1.29 is 31.6 Å². The van der Waals surface area contributed by atoms with Gasteiger partial charge in [0.25, 0.3) is 0 Å². The van der Waals surface area contributed by atoms with Gasteiger partial charge in [-0.1, -0.05) is 26.2 Å². The number of hydrogen-bond acceptors (Lipinski definition) is 3. The third-order valence-corrected chi connectivity index (χ3v) is 4.95. The fourth-order valence-electron chi connectivity index (χ4n) is 3.29. The second-order valence-electron chi connectivity index (χ2n) is 9.38. The van der Waals surface area contributed by atoms with Crippen LogP contribution in [0, 0.1) is 23.5 Å². The molecular weight excluding hydrogens is 466 g/mol. The zero-order valence-corrected chi connectivity index (χ0v) is 21.4. The Bertz CT molecular complexity index is 936. The smallest absolute Gasteiger partial charge is 0.501 e. The monoisotopic (exact) mass is 501 g/mol. The van der Waals surface area contributed by atoms with Crippen LogP contribution < -0.4 is 9.31 Å². The van der Waals surface area contributed by atoms with E-state index in [0.717, 1.165) is 36.7 Å². The average molecular weight is 501 g/mol. The van der Waals surface area contributed by atoms with Gasteiger partial charge in [0.1, 0.15) is 29.7 Å². The summed E-state index contributed by atoms with van der Waals surface area (Å²) in [5.74, 6) is -0.0561. The molecule has 8 heteroatoms. The summed E-state index contributed by atoms with van der Waals surface area (Å²) in [5.41, 5.74) is 0. The molecule has 0 amide bonds. The van der Waals surface area contributed by atoms with Crippen LogP contribution >= 0.6 is 0 Å². The molecule has 0 aliphatic rings. The molecule has 3 aromatic carbocycles. The van der Waals surface area contributed by atoms with E-state index in [9.17, 15) is 13.2 Å². The van der Waals surface area contributed by atoms with Crippen LogP contribution in [-0.2, 0) is 4.65 Å². The van der Waals surface area contributed by atoms with Gasteiger partial charge in [-0.3, -0.25) is 0 Å². The van der Waals surface area contributed by atoms with Crippen molar-refractivity contribution in [3.8, 4) is 11.5 Å². The Morgan fingerprint density at radius 2 is 1.22 bits per heavy atom. The molecule has 1 atom stereocenters. The molecule has 3 rings (SSSR count). The Kier molecular flexibility index (Phi) is 12.4.